The van der Waals surface area contributed by atoms with E-state index in [0.29, 0.717) is 22.5 Å². The van der Waals surface area contributed by atoms with Crippen LogP contribution in [0, 0.1) is 0 Å². The van der Waals surface area contributed by atoms with Gasteiger partial charge in [-0.3, -0.25) is 4.68 Å². The second-order valence-corrected chi connectivity index (χ2v) is 4.64. The first-order chi connectivity index (χ1) is 10.3. The maximum Gasteiger partial charge on any atom is 0.416 e. The Hall–Kier alpha value is -2.84. The fraction of sp³-hybridized carbons (Fsp3) is 0.154. The SMILES string of the molecule is Cn1ncc2c(Nc3ccc(C(F)(F)F)cc3)nc(N)nc21. The van der Waals surface area contributed by atoms with Gasteiger partial charge in [0, 0.05) is 12.7 Å². The van der Waals surface area contributed by atoms with Gasteiger partial charge in [-0.25, -0.2) is 0 Å². The standard InChI is InChI=1S/C13H11F3N6/c1-22-11-9(6-18-22)10(20-12(17)21-11)19-8-4-2-7(3-5-8)13(14,15)16/h2-6H,1H3,(H3,17,19,20,21). The Balaban J connectivity index is 1.96. The molecule has 2 aromatic heterocycles. The number of benzene rings is 1. The summed E-state index contributed by atoms with van der Waals surface area (Å²) in [5, 5.41) is 7.61. The third kappa shape index (κ3) is 2.52. The van der Waals surface area contributed by atoms with E-state index in [4.69, 9.17) is 5.73 Å². The first-order valence-electron chi connectivity index (χ1n) is 6.24. The molecule has 2 heterocycles. The maximum absolute atomic E-state index is 12.5. The number of hydrogen-bond acceptors (Lipinski definition) is 5. The van der Waals surface area contributed by atoms with Crippen molar-refractivity contribution in [3.63, 3.8) is 0 Å². The quantitative estimate of drug-likeness (QED) is 0.760. The minimum Gasteiger partial charge on any atom is -0.368 e. The van der Waals surface area contributed by atoms with Crippen molar-refractivity contribution >= 4 is 28.5 Å². The van der Waals surface area contributed by atoms with Crippen molar-refractivity contribution < 1.29 is 13.2 Å². The van der Waals surface area contributed by atoms with Gasteiger partial charge in [0.15, 0.2) is 5.65 Å². The highest BCUT2D eigenvalue weighted by Crippen LogP contribution is 2.31. The van der Waals surface area contributed by atoms with Crippen LogP contribution in [0.4, 0.5) is 30.6 Å². The lowest BCUT2D eigenvalue weighted by Gasteiger charge is -2.10. The van der Waals surface area contributed by atoms with Crippen LogP contribution in [0.3, 0.4) is 0 Å². The number of nitrogens with two attached hydrogens (primary N) is 1. The summed E-state index contributed by atoms with van der Waals surface area (Å²) in [5.74, 6) is 0.431. The number of nitrogens with zero attached hydrogens (tertiary/aromatic N) is 4. The van der Waals surface area contributed by atoms with Gasteiger partial charge >= 0.3 is 6.18 Å². The molecule has 0 radical (unpaired) electrons. The fourth-order valence-corrected chi connectivity index (χ4v) is 2.01. The van der Waals surface area contributed by atoms with Crippen molar-refractivity contribution in [2.45, 2.75) is 6.18 Å². The number of anilines is 3. The Bertz CT molecular complexity index is 822. The number of aromatic nitrogens is 4. The lowest BCUT2D eigenvalue weighted by Crippen LogP contribution is -2.05. The molecule has 9 heteroatoms. The highest BCUT2D eigenvalue weighted by Gasteiger charge is 2.29. The molecule has 1 aromatic carbocycles. The van der Waals surface area contributed by atoms with E-state index in [1.807, 2.05) is 0 Å². The molecule has 0 unspecified atom stereocenters. The lowest BCUT2D eigenvalue weighted by molar-refractivity contribution is -0.137. The van der Waals surface area contributed by atoms with Gasteiger partial charge < -0.3 is 11.1 Å². The molecule has 0 saturated carbocycles. The molecule has 0 amide bonds. The van der Waals surface area contributed by atoms with Crippen LogP contribution in [0.25, 0.3) is 11.0 Å². The molecule has 0 saturated heterocycles. The average molecular weight is 308 g/mol. The zero-order valence-electron chi connectivity index (χ0n) is 11.4. The number of nitrogen functional groups attached to an aromatic ring is 1. The number of rotatable bonds is 2. The van der Waals surface area contributed by atoms with Crippen LogP contribution in [0.1, 0.15) is 5.56 Å². The van der Waals surface area contributed by atoms with Crippen molar-refractivity contribution in [1.82, 2.24) is 19.7 Å². The van der Waals surface area contributed by atoms with Gasteiger partial charge in [-0.15, -0.1) is 0 Å². The minimum absolute atomic E-state index is 0.0468. The van der Waals surface area contributed by atoms with Gasteiger partial charge in [-0.05, 0) is 24.3 Å². The molecule has 3 N–H and O–H groups in total. The van der Waals surface area contributed by atoms with Crippen molar-refractivity contribution in [3.05, 3.63) is 36.0 Å². The third-order valence-electron chi connectivity index (χ3n) is 3.08. The van der Waals surface area contributed by atoms with Crippen LogP contribution in [0.5, 0.6) is 0 Å². The normalized spacial score (nSPS) is 11.8. The summed E-state index contributed by atoms with van der Waals surface area (Å²) in [4.78, 5) is 8.12. The minimum atomic E-state index is -4.37. The molecule has 0 bridgehead atoms. The number of fused-ring (bicyclic) bond motifs is 1. The van der Waals surface area contributed by atoms with Gasteiger partial charge in [0.2, 0.25) is 5.95 Å². The smallest absolute Gasteiger partial charge is 0.368 e. The largest absolute Gasteiger partial charge is 0.416 e. The van der Waals surface area contributed by atoms with E-state index < -0.39 is 11.7 Å². The molecule has 0 aliphatic heterocycles. The van der Waals surface area contributed by atoms with Gasteiger partial charge in [-0.2, -0.15) is 28.2 Å². The Kier molecular flexibility index (Phi) is 3.12. The summed E-state index contributed by atoms with van der Waals surface area (Å²) >= 11 is 0. The summed E-state index contributed by atoms with van der Waals surface area (Å²) in [7, 11) is 1.71. The number of aryl methyl sites for hydroxylation is 1. The summed E-state index contributed by atoms with van der Waals surface area (Å²) < 4.78 is 39.2. The van der Waals surface area contributed by atoms with Crippen molar-refractivity contribution in [2.24, 2.45) is 7.05 Å². The zero-order valence-corrected chi connectivity index (χ0v) is 11.4. The molecule has 0 atom stereocenters. The van der Waals surface area contributed by atoms with Crippen LogP contribution in [-0.4, -0.2) is 19.7 Å². The molecule has 6 nitrogen and oxygen atoms in total. The van der Waals surface area contributed by atoms with Crippen molar-refractivity contribution in [2.75, 3.05) is 11.1 Å². The summed E-state index contributed by atoms with van der Waals surface area (Å²) in [6, 6.07) is 4.63. The molecule has 0 aliphatic rings. The summed E-state index contributed by atoms with van der Waals surface area (Å²) in [6.45, 7) is 0. The third-order valence-corrected chi connectivity index (χ3v) is 3.08. The number of alkyl halides is 3. The first kappa shape index (κ1) is 14.1. The van der Waals surface area contributed by atoms with Gasteiger partial charge in [0.05, 0.1) is 17.1 Å². The van der Waals surface area contributed by atoms with Crippen molar-refractivity contribution in [3.8, 4) is 0 Å². The molecule has 3 aromatic rings. The van der Waals surface area contributed by atoms with Crippen LogP contribution < -0.4 is 11.1 Å². The molecule has 3 rings (SSSR count). The Morgan fingerprint density at radius 3 is 2.45 bits per heavy atom. The van der Waals surface area contributed by atoms with E-state index in [1.54, 1.807) is 13.2 Å². The second kappa shape index (κ2) is 4.86. The van der Waals surface area contributed by atoms with E-state index in [-0.39, 0.29) is 5.95 Å². The van der Waals surface area contributed by atoms with Crippen LogP contribution >= 0.6 is 0 Å². The van der Waals surface area contributed by atoms with Gasteiger partial charge in [0.25, 0.3) is 0 Å². The number of halogens is 3. The fourth-order valence-electron chi connectivity index (χ4n) is 2.01. The Morgan fingerprint density at radius 1 is 1.14 bits per heavy atom. The van der Waals surface area contributed by atoms with Crippen LogP contribution in [0.2, 0.25) is 0 Å². The van der Waals surface area contributed by atoms with Crippen LogP contribution in [0.15, 0.2) is 30.5 Å². The molecular formula is C13H11F3N6. The zero-order chi connectivity index (χ0) is 15.9. The average Bonchev–Trinajstić information content (AvgIpc) is 2.80. The number of hydrogen-bond donors (Lipinski definition) is 2. The summed E-state index contributed by atoms with van der Waals surface area (Å²) in [6.07, 6.45) is -2.81. The number of nitrogens with one attached hydrogen (secondary N) is 1. The lowest BCUT2D eigenvalue weighted by atomic mass is 10.2. The maximum atomic E-state index is 12.5. The van der Waals surface area contributed by atoms with E-state index in [1.165, 1.54) is 16.8 Å². The van der Waals surface area contributed by atoms with Gasteiger partial charge in [0.1, 0.15) is 5.82 Å². The van der Waals surface area contributed by atoms with Gasteiger partial charge in [-0.1, -0.05) is 0 Å². The molecule has 0 spiro atoms. The van der Waals surface area contributed by atoms with E-state index in [0.717, 1.165) is 12.1 Å². The first-order valence-corrected chi connectivity index (χ1v) is 6.24. The van der Waals surface area contributed by atoms with Crippen molar-refractivity contribution in [1.29, 1.82) is 0 Å². The molecule has 114 valence electrons. The predicted octanol–water partition coefficient (Wildman–Crippen LogP) is 2.71. The van der Waals surface area contributed by atoms with E-state index in [2.05, 4.69) is 20.4 Å². The molecule has 0 aliphatic carbocycles. The topological polar surface area (TPSA) is 81.7 Å². The highest BCUT2D eigenvalue weighted by atomic mass is 19.4. The Labute approximate surface area is 122 Å². The highest BCUT2D eigenvalue weighted by molar-refractivity contribution is 5.89. The monoisotopic (exact) mass is 308 g/mol. The molecular weight excluding hydrogens is 297 g/mol. The van der Waals surface area contributed by atoms with E-state index >= 15 is 0 Å². The van der Waals surface area contributed by atoms with Crippen LogP contribution in [-0.2, 0) is 13.2 Å². The second-order valence-electron chi connectivity index (χ2n) is 4.64. The molecule has 22 heavy (non-hydrogen) atoms. The molecule has 0 fully saturated rings. The summed E-state index contributed by atoms with van der Waals surface area (Å²) in [5.41, 5.74) is 5.90. The predicted molar refractivity (Wildman–Crippen MR) is 75.4 cm³/mol. The Morgan fingerprint density at radius 2 is 1.82 bits per heavy atom. The van der Waals surface area contributed by atoms with E-state index in [9.17, 15) is 13.2 Å².